The van der Waals surface area contributed by atoms with Crippen LogP contribution in [0, 0.1) is 5.41 Å². The highest BCUT2D eigenvalue weighted by molar-refractivity contribution is 7.10. The molecule has 1 heterocycles. The molecule has 1 atom stereocenters. The normalized spacial score (nSPS) is 9.50. The smallest absolute Gasteiger partial charge is 0.236 e. The highest BCUT2D eigenvalue weighted by atomic mass is 31.0. The molecule has 1 rings (SSSR count). The van der Waals surface area contributed by atoms with E-state index in [4.69, 9.17) is 15.7 Å². The fraction of sp³-hybridized carbons (Fsp3) is 0.167. The zero-order valence-corrected chi connectivity index (χ0v) is 7.69. The lowest BCUT2D eigenvalue weighted by atomic mass is 10.3. The molecule has 3 N–H and O–H groups in total. The molecule has 64 valence electrons. The summed E-state index contributed by atoms with van der Waals surface area (Å²) in [5.41, 5.74) is 6.17. The van der Waals surface area contributed by atoms with Gasteiger partial charge in [-0.05, 0) is 6.92 Å². The molecule has 0 radical (unpaired) electrons. The number of aromatic nitrogens is 2. The molecule has 12 heavy (non-hydrogen) atoms. The summed E-state index contributed by atoms with van der Waals surface area (Å²) < 4.78 is 4.72. The average molecular weight is 184 g/mol. The van der Waals surface area contributed by atoms with Gasteiger partial charge in [-0.3, -0.25) is 0 Å². The zero-order valence-electron chi connectivity index (χ0n) is 6.53. The average Bonchev–Trinajstić information content (AvgIpc) is 2.03. The summed E-state index contributed by atoms with van der Waals surface area (Å²) in [6.45, 7) is 1.60. The summed E-state index contributed by atoms with van der Waals surface area (Å²) >= 11 is 0. The maximum absolute atomic E-state index is 7.28. The van der Waals surface area contributed by atoms with E-state index in [-0.39, 0.29) is 11.5 Å². The Kier molecular flexibility index (Phi) is 2.55. The van der Waals surface area contributed by atoms with Crippen LogP contribution in [0.5, 0.6) is 5.88 Å². The molecule has 0 aromatic carbocycles. The lowest BCUT2D eigenvalue weighted by molar-refractivity contribution is 0.612. The van der Waals surface area contributed by atoms with Crippen LogP contribution in [0.15, 0.2) is 6.20 Å². The minimum atomic E-state index is 0.211. The summed E-state index contributed by atoms with van der Waals surface area (Å²) in [4.78, 5) is 7.74. The van der Waals surface area contributed by atoms with Crippen molar-refractivity contribution in [3.05, 3.63) is 11.9 Å². The van der Waals surface area contributed by atoms with E-state index < -0.39 is 0 Å². The summed E-state index contributed by atoms with van der Waals surface area (Å²) in [6.07, 6.45) is 1.41. The van der Waals surface area contributed by atoms with E-state index in [9.17, 15) is 0 Å². The third-order valence-corrected chi connectivity index (χ3v) is 1.49. The van der Waals surface area contributed by atoms with Crippen LogP contribution < -0.4 is 10.3 Å². The van der Waals surface area contributed by atoms with Gasteiger partial charge >= 0.3 is 0 Å². The highest BCUT2D eigenvalue weighted by Gasteiger charge is 2.05. The number of hydrogen-bond acceptors (Lipinski definition) is 5. The van der Waals surface area contributed by atoms with E-state index in [1.165, 1.54) is 6.20 Å². The van der Waals surface area contributed by atoms with Crippen LogP contribution in [-0.4, -0.2) is 15.7 Å². The van der Waals surface area contributed by atoms with Gasteiger partial charge in [0.15, 0.2) is 5.82 Å². The van der Waals surface area contributed by atoms with Gasteiger partial charge in [-0.25, -0.2) is 4.98 Å². The van der Waals surface area contributed by atoms with Gasteiger partial charge in [-0.2, -0.15) is 4.98 Å². The Hall–Kier alpha value is -1.22. The van der Waals surface area contributed by atoms with Crippen LogP contribution in [0.25, 0.3) is 0 Å². The lowest BCUT2D eigenvalue weighted by Gasteiger charge is -2.02. The van der Waals surface area contributed by atoms with E-state index in [0.717, 1.165) is 0 Å². The largest absolute Gasteiger partial charge is 0.462 e. The van der Waals surface area contributed by atoms with E-state index in [1.807, 2.05) is 9.47 Å². The van der Waals surface area contributed by atoms with Gasteiger partial charge in [-0.15, -0.1) is 0 Å². The molecule has 0 aliphatic rings. The standard InChI is InChI=1S/C6H9N4OP/c1-3(7)5-6(8)10-4(11-12)2-9-5/h2,7H,12H2,1H3,(H2,8,10). The summed E-state index contributed by atoms with van der Waals surface area (Å²) in [6, 6.07) is 0. The molecule has 0 aliphatic carbocycles. The van der Waals surface area contributed by atoms with Crippen molar-refractivity contribution in [2.45, 2.75) is 6.92 Å². The van der Waals surface area contributed by atoms with Crippen LogP contribution in [0.4, 0.5) is 5.82 Å². The Morgan fingerprint density at radius 1 is 1.75 bits per heavy atom. The van der Waals surface area contributed by atoms with E-state index in [0.29, 0.717) is 11.6 Å². The van der Waals surface area contributed by atoms with Gasteiger partial charge < -0.3 is 15.7 Å². The molecule has 0 amide bonds. The SMILES string of the molecule is CC(=N)c1ncc(OP)nc1N. The molecule has 1 unspecified atom stereocenters. The predicted molar refractivity (Wildman–Crippen MR) is 49.3 cm³/mol. The number of nitrogens with two attached hydrogens (primary N) is 1. The zero-order chi connectivity index (χ0) is 9.14. The topological polar surface area (TPSA) is 84.9 Å². The first kappa shape index (κ1) is 8.87. The second kappa shape index (κ2) is 3.45. The van der Waals surface area contributed by atoms with Crippen LogP contribution in [0.2, 0.25) is 0 Å². The lowest BCUT2D eigenvalue weighted by Crippen LogP contribution is -2.05. The van der Waals surface area contributed by atoms with E-state index in [1.54, 1.807) is 6.92 Å². The fourth-order valence-corrected chi connectivity index (χ4v) is 0.846. The first-order chi connectivity index (χ1) is 5.65. The van der Waals surface area contributed by atoms with Crippen LogP contribution in [0.3, 0.4) is 0 Å². The van der Waals surface area contributed by atoms with Gasteiger partial charge in [-0.1, -0.05) is 0 Å². The number of nitrogens with one attached hydrogen (secondary N) is 1. The predicted octanol–water partition coefficient (Wildman–Crippen LogP) is 0.615. The van der Waals surface area contributed by atoms with Crippen molar-refractivity contribution in [1.29, 1.82) is 5.41 Å². The summed E-state index contributed by atoms with van der Waals surface area (Å²) in [7, 11) is 2.04. The van der Waals surface area contributed by atoms with Gasteiger partial charge in [0.1, 0.15) is 5.69 Å². The quantitative estimate of drug-likeness (QED) is 0.521. The second-order valence-corrected chi connectivity index (χ2v) is 2.42. The fourth-order valence-electron chi connectivity index (χ4n) is 0.732. The first-order valence-electron chi connectivity index (χ1n) is 3.20. The number of rotatable bonds is 2. The molecular formula is C6H9N4OP. The number of nitrogens with zero attached hydrogens (tertiary/aromatic N) is 2. The van der Waals surface area contributed by atoms with E-state index >= 15 is 0 Å². The Bertz CT molecular complexity index is 314. The van der Waals surface area contributed by atoms with Crippen molar-refractivity contribution in [2.75, 3.05) is 5.73 Å². The van der Waals surface area contributed by atoms with Gasteiger partial charge in [0, 0.05) is 0 Å². The Labute approximate surface area is 72.2 Å². The second-order valence-electron chi connectivity index (χ2n) is 2.18. The number of anilines is 1. The third-order valence-electron chi connectivity index (χ3n) is 1.25. The molecule has 1 aromatic rings. The molecule has 0 bridgehead atoms. The van der Waals surface area contributed by atoms with Crippen molar-refractivity contribution in [3.8, 4) is 5.88 Å². The molecule has 6 heteroatoms. The Morgan fingerprint density at radius 3 is 2.83 bits per heavy atom. The van der Waals surface area contributed by atoms with Crippen molar-refractivity contribution in [2.24, 2.45) is 0 Å². The van der Waals surface area contributed by atoms with Crippen LogP contribution in [0.1, 0.15) is 12.6 Å². The highest BCUT2D eigenvalue weighted by Crippen LogP contribution is 2.13. The van der Waals surface area contributed by atoms with Gasteiger partial charge in [0.25, 0.3) is 0 Å². The maximum atomic E-state index is 7.28. The molecule has 0 spiro atoms. The van der Waals surface area contributed by atoms with Gasteiger partial charge in [0.05, 0.1) is 21.4 Å². The van der Waals surface area contributed by atoms with Crippen LogP contribution >= 0.6 is 9.47 Å². The van der Waals surface area contributed by atoms with Crippen LogP contribution in [-0.2, 0) is 0 Å². The number of hydrogen-bond donors (Lipinski definition) is 2. The number of nitrogen functional groups attached to an aromatic ring is 1. The molecule has 5 nitrogen and oxygen atoms in total. The molecular weight excluding hydrogens is 175 g/mol. The van der Waals surface area contributed by atoms with Crippen molar-refractivity contribution in [3.63, 3.8) is 0 Å². The van der Waals surface area contributed by atoms with Crippen molar-refractivity contribution >= 4 is 21.0 Å². The van der Waals surface area contributed by atoms with Crippen molar-refractivity contribution in [1.82, 2.24) is 9.97 Å². The first-order valence-corrected chi connectivity index (χ1v) is 3.67. The molecule has 0 saturated heterocycles. The summed E-state index contributed by atoms with van der Waals surface area (Å²) in [5, 5.41) is 7.28. The maximum Gasteiger partial charge on any atom is 0.236 e. The monoisotopic (exact) mass is 184 g/mol. The van der Waals surface area contributed by atoms with E-state index in [2.05, 4.69) is 9.97 Å². The molecule has 0 aliphatic heterocycles. The van der Waals surface area contributed by atoms with Crippen molar-refractivity contribution < 1.29 is 4.52 Å². The summed E-state index contributed by atoms with van der Waals surface area (Å²) in [5.74, 6) is 0.532. The Balaban J connectivity index is 3.12. The minimum absolute atomic E-state index is 0.211. The minimum Gasteiger partial charge on any atom is -0.462 e. The molecule has 0 fully saturated rings. The molecule has 0 saturated carbocycles. The Morgan fingerprint density at radius 2 is 2.42 bits per heavy atom. The van der Waals surface area contributed by atoms with Gasteiger partial charge in [0.2, 0.25) is 5.88 Å². The third kappa shape index (κ3) is 1.68. The molecule has 1 aromatic heterocycles.